The van der Waals surface area contributed by atoms with Gasteiger partial charge in [0, 0.05) is 39.1 Å². The van der Waals surface area contributed by atoms with Crippen LogP contribution in [-0.2, 0) is 9.47 Å². The van der Waals surface area contributed by atoms with Crippen molar-refractivity contribution in [1.29, 1.82) is 0 Å². The van der Waals surface area contributed by atoms with Gasteiger partial charge in [-0.1, -0.05) is 12.1 Å². The summed E-state index contributed by atoms with van der Waals surface area (Å²) in [5.41, 5.74) is 0.598. The zero-order valence-electron chi connectivity index (χ0n) is 14.0. The second kappa shape index (κ2) is 7.36. The molecule has 0 unspecified atom stereocenters. The molecule has 0 saturated carbocycles. The molecule has 1 N–H and O–H groups in total. The highest BCUT2D eigenvalue weighted by molar-refractivity contribution is 5.74. The molecule has 0 aromatic heterocycles. The van der Waals surface area contributed by atoms with Crippen LogP contribution in [0.3, 0.4) is 0 Å². The molecule has 2 amide bonds. The maximum absolute atomic E-state index is 13.8. The molecule has 2 aliphatic heterocycles. The normalized spacial score (nSPS) is 20.2. The number of halogens is 1. The van der Waals surface area contributed by atoms with Crippen molar-refractivity contribution in [3.8, 4) is 0 Å². The summed E-state index contributed by atoms with van der Waals surface area (Å²) in [7, 11) is 0. The highest BCUT2D eigenvalue weighted by atomic mass is 19.1. The maximum atomic E-state index is 13.8. The fraction of sp³-hybridized carbons (Fsp3) is 0.588. The summed E-state index contributed by atoms with van der Waals surface area (Å²) in [5, 5.41) is 2.90. The first-order valence-electron chi connectivity index (χ1n) is 8.38. The van der Waals surface area contributed by atoms with E-state index in [0.29, 0.717) is 58.0 Å². The van der Waals surface area contributed by atoms with Crippen molar-refractivity contribution in [2.75, 3.05) is 50.8 Å². The molecule has 24 heavy (non-hydrogen) atoms. The fourth-order valence-corrected chi connectivity index (χ4v) is 3.07. The molecule has 0 spiro atoms. The van der Waals surface area contributed by atoms with Gasteiger partial charge in [0.05, 0.1) is 18.9 Å². The van der Waals surface area contributed by atoms with Crippen LogP contribution in [0.15, 0.2) is 24.3 Å². The van der Waals surface area contributed by atoms with Crippen molar-refractivity contribution >= 4 is 11.7 Å². The largest absolute Gasteiger partial charge is 0.366 e. The van der Waals surface area contributed by atoms with Gasteiger partial charge < -0.3 is 24.6 Å². The van der Waals surface area contributed by atoms with E-state index in [2.05, 4.69) is 5.32 Å². The van der Waals surface area contributed by atoms with Crippen LogP contribution < -0.4 is 10.2 Å². The van der Waals surface area contributed by atoms with E-state index in [1.165, 1.54) is 6.07 Å². The topological polar surface area (TPSA) is 54.0 Å². The molecule has 1 aromatic carbocycles. The molecule has 0 aliphatic carbocycles. The van der Waals surface area contributed by atoms with Crippen molar-refractivity contribution in [2.45, 2.75) is 19.1 Å². The summed E-state index contributed by atoms with van der Waals surface area (Å²) in [6.45, 7) is 5.98. The Bertz CT molecular complexity index is 570. The quantitative estimate of drug-likeness (QED) is 0.910. The number of benzene rings is 1. The van der Waals surface area contributed by atoms with Crippen molar-refractivity contribution in [3.63, 3.8) is 0 Å². The lowest BCUT2D eigenvalue weighted by molar-refractivity contribution is -0.145. The Morgan fingerprint density at radius 3 is 2.54 bits per heavy atom. The van der Waals surface area contributed by atoms with Crippen LogP contribution in [-0.4, -0.2) is 62.7 Å². The minimum Gasteiger partial charge on any atom is -0.366 e. The summed E-state index contributed by atoms with van der Waals surface area (Å²) < 4.78 is 24.8. The molecule has 132 valence electrons. The van der Waals surface area contributed by atoms with Gasteiger partial charge in [0.1, 0.15) is 5.82 Å². The Morgan fingerprint density at radius 2 is 1.88 bits per heavy atom. The summed E-state index contributed by atoms with van der Waals surface area (Å²) >= 11 is 0. The van der Waals surface area contributed by atoms with Crippen molar-refractivity contribution in [3.05, 3.63) is 30.1 Å². The number of carbonyl (C=O) groups excluding carboxylic acids is 1. The van der Waals surface area contributed by atoms with Crippen LogP contribution in [0.25, 0.3) is 0 Å². The third-order valence-corrected chi connectivity index (χ3v) is 4.51. The number of hydrogen-bond acceptors (Lipinski definition) is 4. The SMILES string of the molecule is CC1(CCNC(=O)N2CCN(c3ccccc3F)CC2)OCCO1. The van der Waals surface area contributed by atoms with Crippen LogP contribution in [0.2, 0.25) is 0 Å². The number of hydrogen-bond donors (Lipinski definition) is 1. The lowest BCUT2D eigenvalue weighted by Gasteiger charge is -2.36. The molecule has 6 nitrogen and oxygen atoms in total. The van der Waals surface area contributed by atoms with E-state index < -0.39 is 5.79 Å². The standard InChI is InChI=1S/C17H24FN3O3/c1-17(23-12-13-24-17)6-7-19-16(22)21-10-8-20(9-11-21)15-5-3-2-4-14(15)18/h2-5H,6-13H2,1H3,(H,19,22). The molecule has 2 aliphatic rings. The van der Waals surface area contributed by atoms with Gasteiger partial charge in [-0.15, -0.1) is 0 Å². The monoisotopic (exact) mass is 337 g/mol. The first-order valence-corrected chi connectivity index (χ1v) is 8.38. The van der Waals surface area contributed by atoms with E-state index in [1.54, 1.807) is 17.0 Å². The molecule has 2 saturated heterocycles. The minimum atomic E-state index is -0.586. The molecule has 2 heterocycles. The maximum Gasteiger partial charge on any atom is 0.317 e. The van der Waals surface area contributed by atoms with E-state index in [-0.39, 0.29) is 11.8 Å². The average Bonchev–Trinajstić information content (AvgIpc) is 3.02. The van der Waals surface area contributed by atoms with Gasteiger partial charge >= 0.3 is 6.03 Å². The molecule has 0 bridgehead atoms. The molecular formula is C17H24FN3O3. The van der Waals surface area contributed by atoms with Crippen molar-refractivity contribution in [1.82, 2.24) is 10.2 Å². The number of nitrogens with zero attached hydrogens (tertiary/aromatic N) is 2. The molecular weight excluding hydrogens is 313 g/mol. The van der Waals surface area contributed by atoms with Crippen LogP contribution in [0, 0.1) is 5.82 Å². The number of anilines is 1. The zero-order valence-corrected chi connectivity index (χ0v) is 14.0. The van der Waals surface area contributed by atoms with Gasteiger partial charge in [-0.25, -0.2) is 9.18 Å². The molecule has 2 fully saturated rings. The van der Waals surface area contributed by atoms with E-state index in [0.717, 1.165) is 0 Å². The van der Waals surface area contributed by atoms with Crippen LogP contribution in [0.1, 0.15) is 13.3 Å². The predicted octanol–water partition coefficient (Wildman–Crippen LogP) is 1.81. The number of nitrogens with one attached hydrogen (secondary N) is 1. The Morgan fingerprint density at radius 1 is 1.21 bits per heavy atom. The highest BCUT2D eigenvalue weighted by Crippen LogP contribution is 2.22. The number of carbonyl (C=O) groups is 1. The molecule has 3 rings (SSSR count). The Kier molecular flexibility index (Phi) is 5.20. The number of ether oxygens (including phenoxy) is 2. The first-order chi connectivity index (χ1) is 11.6. The Labute approximate surface area is 141 Å². The number of urea groups is 1. The number of rotatable bonds is 4. The summed E-state index contributed by atoms with van der Waals surface area (Å²) in [5.74, 6) is -0.809. The Hall–Kier alpha value is -1.86. The summed E-state index contributed by atoms with van der Waals surface area (Å²) in [6, 6.07) is 6.64. The molecule has 0 atom stereocenters. The number of para-hydroxylation sites is 1. The number of amides is 2. The van der Waals surface area contributed by atoms with Crippen LogP contribution >= 0.6 is 0 Å². The van der Waals surface area contributed by atoms with Crippen molar-refractivity contribution in [2.24, 2.45) is 0 Å². The predicted molar refractivity (Wildman–Crippen MR) is 88.5 cm³/mol. The van der Waals surface area contributed by atoms with E-state index in [4.69, 9.17) is 9.47 Å². The lowest BCUT2D eigenvalue weighted by atomic mass is 10.2. The van der Waals surface area contributed by atoms with Crippen molar-refractivity contribution < 1.29 is 18.7 Å². The third kappa shape index (κ3) is 3.96. The van der Waals surface area contributed by atoms with Gasteiger partial charge in [0.15, 0.2) is 5.79 Å². The summed E-state index contributed by atoms with van der Waals surface area (Å²) in [4.78, 5) is 16.0. The zero-order chi connectivity index (χ0) is 17.0. The number of piperazine rings is 1. The minimum absolute atomic E-state index is 0.0928. The highest BCUT2D eigenvalue weighted by Gasteiger charge is 2.31. The lowest BCUT2D eigenvalue weighted by Crippen LogP contribution is -2.52. The fourth-order valence-electron chi connectivity index (χ4n) is 3.07. The van der Waals surface area contributed by atoms with E-state index >= 15 is 0 Å². The average molecular weight is 337 g/mol. The first kappa shape index (κ1) is 17.0. The second-order valence-corrected chi connectivity index (χ2v) is 6.24. The molecule has 0 radical (unpaired) electrons. The second-order valence-electron chi connectivity index (χ2n) is 6.24. The van der Waals surface area contributed by atoms with Gasteiger partial charge in [-0.05, 0) is 19.1 Å². The van der Waals surface area contributed by atoms with Gasteiger partial charge in [-0.2, -0.15) is 0 Å². The molecule has 1 aromatic rings. The van der Waals surface area contributed by atoms with E-state index in [9.17, 15) is 9.18 Å². The summed E-state index contributed by atoms with van der Waals surface area (Å²) in [6.07, 6.45) is 0.619. The van der Waals surface area contributed by atoms with Gasteiger partial charge in [0.25, 0.3) is 0 Å². The third-order valence-electron chi connectivity index (χ3n) is 4.51. The van der Waals surface area contributed by atoms with Crippen LogP contribution in [0.4, 0.5) is 14.9 Å². The van der Waals surface area contributed by atoms with Gasteiger partial charge in [0.2, 0.25) is 0 Å². The Balaban J connectivity index is 1.43. The van der Waals surface area contributed by atoms with E-state index in [1.807, 2.05) is 17.9 Å². The van der Waals surface area contributed by atoms with Gasteiger partial charge in [-0.3, -0.25) is 0 Å². The smallest absolute Gasteiger partial charge is 0.317 e. The van der Waals surface area contributed by atoms with Crippen LogP contribution in [0.5, 0.6) is 0 Å². The molecule has 7 heteroatoms.